The van der Waals surface area contributed by atoms with Gasteiger partial charge in [0.25, 0.3) is 5.91 Å². The van der Waals surface area contributed by atoms with Gasteiger partial charge >= 0.3 is 0 Å². The maximum Gasteiger partial charge on any atom is 0.256 e. The van der Waals surface area contributed by atoms with Crippen molar-refractivity contribution >= 4 is 11.6 Å². The molecule has 7 nitrogen and oxygen atoms in total. The second-order valence-corrected chi connectivity index (χ2v) is 4.03. The first-order chi connectivity index (χ1) is 8.97. The summed E-state index contributed by atoms with van der Waals surface area (Å²) in [6.45, 7) is -0.800. The lowest BCUT2D eigenvalue weighted by Gasteiger charge is -2.24. The number of rotatable bonds is 6. The van der Waals surface area contributed by atoms with Gasteiger partial charge in [-0.3, -0.25) is 4.79 Å². The van der Waals surface area contributed by atoms with Crippen molar-refractivity contribution in [3.63, 3.8) is 0 Å². The third-order valence-electron chi connectivity index (χ3n) is 2.56. The summed E-state index contributed by atoms with van der Waals surface area (Å²) in [6.07, 6.45) is -7.32. The zero-order valence-corrected chi connectivity index (χ0v) is 10.0. The van der Waals surface area contributed by atoms with Crippen LogP contribution in [0.15, 0.2) is 30.3 Å². The van der Waals surface area contributed by atoms with Crippen molar-refractivity contribution in [3.05, 3.63) is 30.3 Å². The highest BCUT2D eigenvalue weighted by Crippen LogP contribution is 2.09. The molecule has 0 unspecified atom stereocenters. The highest BCUT2D eigenvalue weighted by Gasteiger charge is 2.34. The van der Waals surface area contributed by atoms with Crippen LogP contribution in [0.25, 0.3) is 0 Å². The first-order valence-electron chi connectivity index (χ1n) is 5.66. The summed E-state index contributed by atoms with van der Waals surface area (Å²) >= 11 is 0. The fourth-order valence-electron chi connectivity index (χ4n) is 1.42. The molecular formula is C12H17NO6. The average molecular weight is 271 g/mol. The van der Waals surface area contributed by atoms with E-state index in [2.05, 4.69) is 5.32 Å². The van der Waals surface area contributed by atoms with Crippen molar-refractivity contribution in [1.82, 2.24) is 0 Å². The molecule has 0 fully saturated rings. The lowest BCUT2D eigenvalue weighted by molar-refractivity contribution is -0.144. The topological polar surface area (TPSA) is 130 Å². The van der Waals surface area contributed by atoms with Crippen LogP contribution in [-0.2, 0) is 4.79 Å². The summed E-state index contributed by atoms with van der Waals surface area (Å²) in [4.78, 5) is 11.6. The van der Waals surface area contributed by atoms with E-state index in [0.717, 1.165) is 0 Å². The summed E-state index contributed by atoms with van der Waals surface area (Å²) < 4.78 is 0. The minimum absolute atomic E-state index is 0.413. The molecule has 0 heterocycles. The maximum atomic E-state index is 11.6. The molecule has 0 spiro atoms. The van der Waals surface area contributed by atoms with Gasteiger partial charge in [-0.15, -0.1) is 0 Å². The van der Waals surface area contributed by atoms with Gasteiger partial charge in [0.05, 0.1) is 6.61 Å². The molecule has 1 aromatic rings. The molecule has 0 aromatic heterocycles. The largest absolute Gasteiger partial charge is 0.394 e. The number of aliphatic hydroxyl groups is 5. The van der Waals surface area contributed by atoms with Crippen LogP contribution in [0.5, 0.6) is 0 Å². The molecular weight excluding hydrogens is 254 g/mol. The molecule has 19 heavy (non-hydrogen) atoms. The zero-order chi connectivity index (χ0) is 14.4. The predicted octanol–water partition coefficient (Wildman–Crippen LogP) is -1.94. The van der Waals surface area contributed by atoms with Gasteiger partial charge in [0.1, 0.15) is 18.3 Å². The lowest BCUT2D eigenvalue weighted by atomic mass is 10.0. The van der Waals surface area contributed by atoms with Crippen LogP contribution in [0.3, 0.4) is 0 Å². The maximum absolute atomic E-state index is 11.6. The smallest absolute Gasteiger partial charge is 0.256 e. The van der Waals surface area contributed by atoms with Crippen molar-refractivity contribution in [2.45, 2.75) is 24.4 Å². The van der Waals surface area contributed by atoms with E-state index in [1.165, 1.54) is 0 Å². The second kappa shape index (κ2) is 7.17. The van der Waals surface area contributed by atoms with Gasteiger partial charge in [0, 0.05) is 5.69 Å². The fourth-order valence-corrected chi connectivity index (χ4v) is 1.42. The Kier molecular flexibility index (Phi) is 5.87. The van der Waals surface area contributed by atoms with E-state index in [1.807, 2.05) is 0 Å². The number of nitrogens with one attached hydrogen (secondary N) is 1. The Morgan fingerprint density at radius 2 is 1.63 bits per heavy atom. The number of aliphatic hydroxyl groups excluding tert-OH is 5. The molecule has 6 N–H and O–H groups in total. The Bertz CT molecular complexity index is 398. The first kappa shape index (κ1) is 15.5. The van der Waals surface area contributed by atoms with Gasteiger partial charge in [-0.05, 0) is 12.1 Å². The van der Waals surface area contributed by atoms with Crippen molar-refractivity contribution in [3.8, 4) is 0 Å². The number of hydrogen-bond acceptors (Lipinski definition) is 6. The van der Waals surface area contributed by atoms with Gasteiger partial charge in [-0.1, -0.05) is 18.2 Å². The molecule has 1 aromatic carbocycles. The zero-order valence-electron chi connectivity index (χ0n) is 10.0. The van der Waals surface area contributed by atoms with Crippen molar-refractivity contribution in [2.24, 2.45) is 0 Å². The van der Waals surface area contributed by atoms with Crippen LogP contribution < -0.4 is 5.32 Å². The molecule has 1 amide bonds. The Morgan fingerprint density at radius 3 is 2.16 bits per heavy atom. The Labute approximate surface area is 109 Å². The minimum Gasteiger partial charge on any atom is -0.394 e. The van der Waals surface area contributed by atoms with E-state index in [1.54, 1.807) is 30.3 Å². The summed E-state index contributed by atoms with van der Waals surface area (Å²) in [5.74, 6) is -0.928. The average Bonchev–Trinajstić information content (AvgIpc) is 2.44. The normalized spacial score (nSPS) is 17.3. The van der Waals surface area contributed by atoms with Crippen LogP contribution in [0, 0.1) is 0 Å². The Hall–Kier alpha value is -1.51. The van der Waals surface area contributed by atoms with Crippen LogP contribution >= 0.6 is 0 Å². The molecule has 0 aliphatic heterocycles. The highest BCUT2D eigenvalue weighted by molar-refractivity contribution is 5.94. The van der Waals surface area contributed by atoms with E-state index < -0.39 is 36.9 Å². The fraction of sp³-hybridized carbons (Fsp3) is 0.417. The third-order valence-corrected chi connectivity index (χ3v) is 2.56. The number of hydrogen-bond donors (Lipinski definition) is 6. The summed E-state index contributed by atoms with van der Waals surface area (Å²) in [5.41, 5.74) is 0.413. The van der Waals surface area contributed by atoms with Crippen molar-refractivity contribution in [2.75, 3.05) is 11.9 Å². The summed E-state index contributed by atoms with van der Waals surface area (Å²) in [7, 11) is 0. The van der Waals surface area contributed by atoms with E-state index in [4.69, 9.17) is 10.2 Å². The molecule has 0 saturated heterocycles. The molecule has 4 atom stereocenters. The number of anilines is 1. The van der Waals surface area contributed by atoms with E-state index in [-0.39, 0.29) is 0 Å². The second-order valence-electron chi connectivity index (χ2n) is 4.03. The van der Waals surface area contributed by atoms with Gasteiger partial charge < -0.3 is 30.8 Å². The van der Waals surface area contributed by atoms with Gasteiger partial charge in [-0.25, -0.2) is 0 Å². The standard InChI is InChI=1S/C12H17NO6/c14-6-8(15)9(16)10(17)11(18)12(19)13-7-4-2-1-3-5-7/h1-5,8-11,14-18H,6H2,(H,13,19)/t8-,9-,10+,11+/m1/s1. The van der Waals surface area contributed by atoms with Crippen LogP contribution in [0.1, 0.15) is 0 Å². The van der Waals surface area contributed by atoms with Crippen molar-refractivity contribution < 1.29 is 30.3 Å². The van der Waals surface area contributed by atoms with Crippen molar-refractivity contribution in [1.29, 1.82) is 0 Å². The molecule has 106 valence electrons. The quantitative estimate of drug-likeness (QED) is 0.357. The van der Waals surface area contributed by atoms with Crippen LogP contribution in [-0.4, -0.2) is 62.5 Å². The van der Waals surface area contributed by atoms with E-state index >= 15 is 0 Å². The molecule has 0 aliphatic carbocycles. The molecule has 0 aliphatic rings. The monoisotopic (exact) mass is 271 g/mol. The molecule has 7 heteroatoms. The number of amides is 1. The predicted molar refractivity (Wildman–Crippen MR) is 66.2 cm³/mol. The van der Waals surface area contributed by atoms with Crippen LogP contribution in [0.4, 0.5) is 5.69 Å². The number of para-hydroxylation sites is 1. The Morgan fingerprint density at radius 1 is 1.05 bits per heavy atom. The summed E-state index contributed by atoms with van der Waals surface area (Å²) in [6, 6.07) is 8.24. The summed E-state index contributed by atoms with van der Waals surface area (Å²) in [5, 5.41) is 48.5. The molecule has 0 saturated carbocycles. The number of carbonyl (C=O) groups is 1. The molecule has 0 bridgehead atoms. The number of benzene rings is 1. The van der Waals surface area contributed by atoms with Gasteiger partial charge in [-0.2, -0.15) is 0 Å². The first-order valence-corrected chi connectivity index (χ1v) is 5.66. The molecule has 1 rings (SSSR count). The number of carbonyl (C=O) groups excluding carboxylic acids is 1. The van der Waals surface area contributed by atoms with Gasteiger partial charge in [0.15, 0.2) is 6.10 Å². The SMILES string of the molecule is O=C(Nc1ccccc1)[C@@H](O)[C@@H](O)[C@H](O)[C@H](O)CO. The highest BCUT2D eigenvalue weighted by atomic mass is 16.4. The van der Waals surface area contributed by atoms with Crippen LogP contribution in [0.2, 0.25) is 0 Å². The van der Waals surface area contributed by atoms with Gasteiger partial charge in [0.2, 0.25) is 0 Å². The van der Waals surface area contributed by atoms with E-state index in [9.17, 15) is 20.1 Å². The lowest BCUT2D eigenvalue weighted by Crippen LogP contribution is -2.50. The Balaban J connectivity index is 2.61. The van der Waals surface area contributed by atoms with E-state index in [0.29, 0.717) is 5.69 Å². The minimum atomic E-state index is -1.93. The molecule has 0 radical (unpaired) electrons. The third kappa shape index (κ3) is 4.27.